The van der Waals surface area contributed by atoms with Gasteiger partial charge in [0, 0.05) is 22.7 Å². The number of hydrogen-bond donors (Lipinski definition) is 2. The minimum atomic E-state index is -0.385. The summed E-state index contributed by atoms with van der Waals surface area (Å²) in [7, 11) is 0. The number of amides is 2. The van der Waals surface area contributed by atoms with Crippen molar-refractivity contribution in [3.63, 3.8) is 0 Å². The Hall–Kier alpha value is -3.25. The lowest BCUT2D eigenvalue weighted by molar-refractivity contribution is 0.0893. The number of nitrogens with two attached hydrogens (primary N) is 1. The van der Waals surface area contributed by atoms with Crippen LogP contribution in [-0.2, 0) is 0 Å². The lowest BCUT2D eigenvalue weighted by atomic mass is 9.94. The molecule has 1 aliphatic rings. The van der Waals surface area contributed by atoms with Gasteiger partial charge in [-0.15, -0.1) is 0 Å². The highest BCUT2D eigenvalue weighted by molar-refractivity contribution is 6.36. The second kappa shape index (κ2) is 4.89. The van der Waals surface area contributed by atoms with Gasteiger partial charge in [0.15, 0.2) is 5.82 Å². The molecule has 2 amide bonds. The Morgan fingerprint density at radius 1 is 0.913 bits per heavy atom. The standard InChI is InChI=1S/C17H12N4O2/c18-20-15-13(8-3-9-19-15)21-16(22)11-6-1-4-10-5-2-7-12(14(10)11)17(21)23/h1-9H,18H2,(H,19,20). The number of nitrogens with zero attached hydrogens (tertiary/aromatic N) is 2. The van der Waals surface area contributed by atoms with Gasteiger partial charge in [-0.1, -0.05) is 24.3 Å². The van der Waals surface area contributed by atoms with Crippen molar-refractivity contribution in [3.05, 3.63) is 65.9 Å². The molecule has 23 heavy (non-hydrogen) atoms. The molecule has 6 nitrogen and oxygen atoms in total. The summed E-state index contributed by atoms with van der Waals surface area (Å²) in [5, 5.41) is 1.55. The van der Waals surface area contributed by atoms with Crippen LogP contribution in [0.1, 0.15) is 20.7 Å². The molecule has 2 heterocycles. The van der Waals surface area contributed by atoms with Gasteiger partial charge >= 0.3 is 0 Å². The molecule has 1 aliphatic heterocycles. The molecule has 0 fully saturated rings. The van der Waals surface area contributed by atoms with Crippen LogP contribution in [0.4, 0.5) is 11.5 Å². The molecule has 0 unspecified atom stereocenters. The highest BCUT2D eigenvalue weighted by Crippen LogP contribution is 2.34. The van der Waals surface area contributed by atoms with Crippen molar-refractivity contribution in [2.45, 2.75) is 0 Å². The maximum atomic E-state index is 12.9. The van der Waals surface area contributed by atoms with Gasteiger partial charge < -0.3 is 5.43 Å². The molecule has 0 bridgehead atoms. The van der Waals surface area contributed by atoms with Gasteiger partial charge in [0.1, 0.15) is 0 Å². The zero-order valence-electron chi connectivity index (χ0n) is 12.0. The van der Waals surface area contributed by atoms with E-state index >= 15 is 0 Å². The fraction of sp³-hybridized carbons (Fsp3) is 0. The highest BCUT2D eigenvalue weighted by atomic mass is 16.2. The summed E-state index contributed by atoms with van der Waals surface area (Å²) < 4.78 is 0. The summed E-state index contributed by atoms with van der Waals surface area (Å²) in [5.74, 6) is 4.95. The van der Waals surface area contributed by atoms with Gasteiger partial charge in [0.05, 0.1) is 5.69 Å². The second-order valence-electron chi connectivity index (χ2n) is 5.17. The molecule has 4 rings (SSSR count). The molecule has 112 valence electrons. The van der Waals surface area contributed by atoms with Crippen LogP contribution in [0.25, 0.3) is 10.8 Å². The smallest absolute Gasteiger partial charge is 0.266 e. The molecule has 3 N–H and O–H groups in total. The molecule has 2 aromatic carbocycles. The van der Waals surface area contributed by atoms with Crippen LogP contribution in [0.5, 0.6) is 0 Å². The third-order valence-electron chi connectivity index (χ3n) is 3.94. The molecule has 6 heteroatoms. The number of aromatic nitrogens is 1. The van der Waals surface area contributed by atoms with Crippen LogP contribution < -0.4 is 16.2 Å². The number of nitrogen functional groups attached to an aromatic ring is 1. The predicted octanol–water partition coefficient (Wildman–Crippen LogP) is 2.32. The van der Waals surface area contributed by atoms with Crippen LogP contribution in [0.15, 0.2) is 54.7 Å². The first-order chi connectivity index (χ1) is 11.2. The lowest BCUT2D eigenvalue weighted by Crippen LogP contribution is -2.41. The van der Waals surface area contributed by atoms with E-state index in [4.69, 9.17) is 5.84 Å². The van der Waals surface area contributed by atoms with Gasteiger partial charge in [0.25, 0.3) is 11.8 Å². The van der Waals surface area contributed by atoms with Crippen LogP contribution in [0.2, 0.25) is 0 Å². The quantitative estimate of drug-likeness (QED) is 0.431. The van der Waals surface area contributed by atoms with Crippen LogP contribution in [0, 0.1) is 0 Å². The molecular weight excluding hydrogens is 292 g/mol. The maximum Gasteiger partial charge on any atom is 0.266 e. The largest absolute Gasteiger partial charge is 0.307 e. The van der Waals surface area contributed by atoms with Gasteiger partial charge in [-0.2, -0.15) is 0 Å². The first-order valence-corrected chi connectivity index (χ1v) is 7.04. The van der Waals surface area contributed by atoms with E-state index < -0.39 is 0 Å². The molecule has 0 saturated heterocycles. The normalized spacial score (nSPS) is 13.5. The van der Waals surface area contributed by atoms with E-state index in [2.05, 4.69) is 10.4 Å². The third-order valence-corrected chi connectivity index (χ3v) is 3.94. The number of imide groups is 1. The summed E-state index contributed by atoms with van der Waals surface area (Å²) in [6.45, 7) is 0. The topological polar surface area (TPSA) is 88.3 Å². The van der Waals surface area contributed by atoms with E-state index in [1.54, 1.807) is 36.4 Å². The summed E-state index contributed by atoms with van der Waals surface area (Å²) >= 11 is 0. The van der Waals surface area contributed by atoms with Crippen molar-refractivity contribution < 1.29 is 9.59 Å². The van der Waals surface area contributed by atoms with Crippen LogP contribution in [-0.4, -0.2) is 16.8 Å². The number of hydrazine groups is 1. The Bertz CT molecular complexity index is 917. The van der Waals surface area contributed by atoms with Crippen LogP contribution >= 0.6 is 0 Å². The Kier molecular flexibility index (Phi) is 2.85. The SMILES string of the molecule is NNc1ncccc1N1C(=O)c2cccc3cccc(c23)C1=O. The van der Waals surface area contributed by atoms with Gasteiger partial charge in [-0.05, 0) is 29.7 Å². The molecule has 0 aliphatic carbocycles. The summed E-state index contributed by atoms with van der Waals surface area (Å²) in [6, 6.07) is 14.1. The van der Waals surface area contributed by atoms with Gasteiger partial charge in [-0.3, -0.25) is 9.59 Å². The van der Waals surface area contributed by atoms with E-state index in [1.165, 1.54) is 6.20 Å². The average molecular weight is 304 g/mol. The molecule has 0 atom stereocenters. The summed E-state index contributed by atoms with van der Waals surface area (Å²) in [5.41, 5.74) is 3.74. The fourth-order valence-corrected chi connectivity index (χ4v) is 2.94. The summed E-state index contributed by atoms with van der Waals surface area (Å²) in [4.78, 5) is 31.0. The molecule has 0 saturated carbocycles. The van der Waals surface area contributed by atoms with Crippen molar-refractivity contribution in [2.24, 2.45) is 5.84 Å². The Balaban J connectivity index is 2.00. The molecule has 0 spiro atoms. The lowest BCUT2D eigenvalue weighted by Gasteiger charge is -2.28. The van der Waals surface area contributed by atoms with E-state index in [0.717, 1.165) is 10.3 Å². The Morgan fingerprint density at radius 2 is 1.57 bits per heavy atom. The van der Waals surface area contributed by atoms with Crippen molar-refractivity contribution in [1.29, 1.82) is 0 Å². The van der Waals surface area contributed by atoms with Crippen LogP contribution in [0.3, 0.4) is 0 Å². The fourth-order valence-electron chi connectivity index (χ4n) is 2.94. The zero-order chi connectivity index (χ0) is 16.0. The van der Waals surface area contributed by atoms with Crippen molar-refractivity contribution >= 4 is 34.1 Å². The number of anilines is 2. The van der Waals surface area contributed by atoms with Crippen molar-refractivity contribution in [3.8, 4) is 0 Å². The number of pyridine rings is 1. The molecule has 0 radical (unpaired) electrons. The van der Waals surface area contributed by atoms with E-state index in [9.17, 15) is 9.59 Å². The third kappa shape index (κ3) is 1.82. The molecule has 3 aromatic rings. The summed E-state index contributed by atoms with van der Waals surface area (Å²) in [6.07, 6.45) is 1.53. The highest BCUT2D eigenvalue weighted by Gasteiger charge is 2.35. The molecular formula is C17H12N4O2. The first kappa shape index (κ1) is 13.4. The van der Waals surface area contributed by atoms with E-state index in [-0.39, 0.29) is 17.6 Å². The zero-order valence-corrected chi connectivity index (χ0v) is 12.0. The maximum absolute atomic E-state index is 12.9. The minimum absolute atomic E-state index is 0.265. The first-order valence-electron chi connectivity index (χ1n) is 7.04. The Labute approximate surface area is 131 Å². The Morgan fingerprint density at radius 3 is 2.17 bits per heavy atom. The number of rotatable bonds is 2. The minimum Gasteiger partial charge on any atom is -0.307 e. The van der Waals surface area contributed by atoms with E-state index in [1.807, 2.05) is 12.1 Å². The van der Waals surface area contributed by atoms with Gasteiger partial charge in [-0.25, -0.2) is 15.7 Å². The van der Waals surface area contributed by atoms with Crippen molar-refractivity contribution in [2.75, 3.05) is 10.3 Å². The predicted molar refractivity (Wildman–Crippen MR) is 87.1 cm³/mol. The van der Waals surface area contributed by atoms with Crippen molar-refractivity contribution in [1.82, 2.24) is 4.98 Å². The number of carbonyl (C=O) groups excluding carboxylic acids is 2. The number of carbonyl (C=O) groups is 2. The average Bonchev–Trinajstić information content (AvgIpc) is 2.60. The monoisotopic (exact) mass is 304 g/mol. The second-order valence-corrected chi connectivity index (χ2v) is 5.17. The van der Waals surface area contributed by atoms with E-state index in [0.29, 0.717) is 22.2 Å². The number of hydrogen-bond acceptors (Lipinski definition) is 5. The number of nitrogens with one attached hydrogen (secondary N) is 1. The molecule has 1 aromatic heterocycles. The van der Waals surface area contributed by atoms with Gasteiger partial charge in [0.2, 0.25) is 0 Å². The number of benzene rings is 2.